The van der Waals surface area contributed by atoms with Gasteiger partial charge in [-0.3, -0.25) is 0 Å². The van der Waals surface area contributed by atoms with Crippen LogP contribution in [0.2, 0.25) is 0 Å². The summed E-state index contributed by atoms with van der Waals surface area (Å²) in [5.41, 5.74) is 2.99. The summed E-state index contributed by atoms with van der Waals surface area (Å²) in [6, 6.07) is 15.2. The molecular weight excluding hydrogens is 348 g/mol. The third-order valence-electron chi connectivity index (χ3n) is 4.24. The zero-order chi connectivity index (χ0) is 18.1. The Kier molecular flexibility index (Phi) is 4.08. The highest BCUT2D eigenvalue weighted by molar-refractivity contribution is 7.90. The standard InChI is InChI=1S/C19H18N4O2S/c1-26(24,25)16-6-7-18-14(11-16)12-21-19(23-18)20-9-8-15-10-13-4-2-3-5-17(13)22-15/h2-7,10-12,22H,8-9H2,1H3,(H,20,21,23). The molecule has 0 bridgehead atoms. The SMILES string of the molecule is CS(=O)(=O)c1ccc2nc(NCCc3cc4ccccc4[nH]3)ncc2c1. The van der Waals surface area contributed by atoms with E-state index >= 15 is 0 Å². The Morgan fingerprint density at radius 3 is 2.73 bits per heavy atom. The number of para-hydroxylation sites is 1. The number of hydrogen-bond donors (Lipinski definition) is 2. The van der Waals surface area contributed by atoms with Gasteiger partial charge >= 0.3 is 0 Å². The van der Waals surface area contributed by atoms with Gasteiger partial charge in [0.1, 0.15) is 0 Å². The minimum absolute atomic E-state index is 0.271. The third kappa shape index (κ3) is 3.39. The molecule has 2 aromatic carbocycles. The summed E-state index contributed by atoms with van der Waals surface area (Å²) in [5, 5.41) is 5.12. The first-order valence-corrected chi connectivity index (χ1v) is 10.2. The lowest BCUT2D eigenvalue weighted by molar-refractivity contribution is 0.602. The fraction of sp³-hybridized carbons (Fsp3) is 0.158. The maximum atomic E-state index is 11.6. The minimum atomic E-state index is -3.24. The first-order chi connectivity index (χ1) is 12.5. The number of rotatable bonds is 5. The first kappa shape index (κ1) is 16.5. The van der Waals surface area contributed by atoms with Gasteiger partial charge < -0.3 is 10.3 Å². The molecule has 0 radical (unpaired) electrons. The minimum Gasteiger partial charge on any atom is -0.358 e. The van der Waals surface area contributed by atoms with Crippen LogP contribution in [0.25, 0.3) is 21.8 Å². The Morgan fingerprint density at radius 1 is 1.08 bits per heavy atom. The van der Waals surface area contributed by atoms with Crippen LogP contribution in [0.5, 0.6) is 0 Å². The Balaban J connectivity index is 1.47. The van der Waals surface area contributed by atoms with E-state index in [-0.39, 0.29) is 4.90 Å². The molecule has 0 aliphatic heterocycles. The van der Waals surface area contributed by atoms with Gasteiger partial charge in [-0.05, 0) is 35.7 Å². The number of nitrogens with one attached hydrogen (secondary N) is 2. The molecule has 0 aliphatic rings. The monoisotopic (exact) mass is 366 g/mol. The number of H-pyrrole nitrogens is 1. The highest BCUT2D eigenvalue weighted by Crippen LogP contribution is 2.18. The predicted octanol–water partition coefficient (Wildman–Crippen LogP) is 3.17. The number of sulfone groups is 1. The van der Waals surface area contributed by atoms with Gasteiger partial charge in [-0.15, -0.1) is 0 Å². The number of hydrogen-bond acceptors (Lipinski definition) is 5. The van der Waals surface area contributed by atoms with Crippen molar-refractivity contribution in [2.24, 2.45) is 0 Å². The van der Waals surface area contributed by atoms with Crippen LogP contribution >= 0.6 is 0 Å². The fourth-order valence-electron chi connectivity index (χ4n) is 2.90. The average molecular weight is 366 g/mol. The molecule has 2 aromatic heterocycles. The van der Waals surface area contributed by atoms with Crippen molar-refractivity contribution < 1.29 is 8.42 Å². The smallest absolute Gasteiger partial charge is 0.223 e. The second-order valence-corrected chi connectivity index (χ2v) is 8.26. The highest BCUT2D eigenvalue weighted by atomic mass is 32.2. The van der Waals surface area contributed by atoms with E-state index in [9.17, 15) is 8.42 Å². The Bertz CT molecular complexity index is 1170. The van der Waals surface area contributed by atoms with Gasteiger partial charge in [0.2, 0.25) is 5.95 Å². The largest absolute Gasteiger partial charge is 0.358 e. The lowest BCUT2D eigenvalue weighted by Gasteiger charge is -2.06. The molecule has 4 rings (SSSR count). The van der Waals surface area contributed by atoms with Crippen LogP contribution in [0.3, 0.4) is 0 Å². The van der Waals surface area contributed by atoms with Gasteiger partial charge in [0.05, 0.1) is 10.4 Å². The van der Waals surface area contributed by atoms with Crippen molar-refractivity contribution in [3.63, 3.8) is 0 Å². The molecule has 6 nitrogen and oxygen atoms in total. The number of benzene rings is 2. The molecule has 0 spiro atoms. The van der Waals surface area contributed by atoms with Crippen molar-refractivity contribution in [1.82, 2.24) is 15.0 Å². The van der Waals surface area contributed by atoms with Crippen molar-refractivity contribution in [3.05, 3.63) is 60.4 Å². The number of aromatic nitrogens is 3. The van der Waals surface area contributed by atoms with E-state index in [2.05, 4.69) is 38.5 Å². The maximum absolute atomic E-state index is 11.6. The van der Waals surface area contributed by atoms with E-state index in [4.69, 9.17) is 0 Å². The first-order valence-electron chi connectivity index (χ1n) is 8.26. The van der Waals surface area contributed by atoms with E-state index in [0.717, 1.165) is 17.6 Å². The summed E-state index contributed by atoms with van der Waals surface area (Å²) in [4.78, 5) is 12.4. The van der Waals surface area contributed by atoms with Crippen molar-refractivity contribution in [2.45, 2.75) is 11.3 Å². The topological polar surface area (TPSA) is 87.7 Å². The Labute approximate surface area is 151 Å². The molecule has 0 saturated heterocycles. The van der Waals surface area contributed by atoms with Gasteiger partial charge in [-0.25, -0.2) is 18.4 Å². The molecule has 0 saturated carbocycles. The second kappa shape index (κ2) is 6.42. The fourth-order valence-corrected chi connectivity index (χ4v) is 3.56. The van der Waals surface area contributed by atoms with E-state index in [0.29, 0.717) is 23.4 Å². The van der Waals surface area contributed by atoms with Crippen LogP contribution in [0.15, 0.2) is 59.6 Å². The van der Waals surface area contributed by atoms with Crippen LogP contribution < -0.4 is 5.32 Å². The average Bonchev–Trinajstić information content (AvgIpc) is 3.03. The van der Waals surface area contributed by atoms with E-state index < -0.39 is 9.84 Å². The molecule has 0 atom stereocenters. The maximum Gasteiger partial charge on any atom is 0.223 e. The second-order valence-electron chi connectivity index (χ2n) is 6.24. The van der Waals surface area contributed by atoms with Crippen molar-refractivity contribution in [3.8, 4) is 0 Å². The third-order valence-corrected chi connectivity index (χ3v) is 5.35. The molecule has 7 heteroatoms. The van der Waals surface area contributed by atoms with Crippen molar-refractivity contribution in [1.29, 1.82) is 0 Å². The zero-order valence-corrected chi connectivity index (χ0v) is 15.0. The van der Waals surface area contributed by atoms with Crippen LogP contribution in [-0.4, -0.2) is 36.2 Å². The molecule has 0 aliphatic carbocycles. The van der Waals surface area contributed by atoms with Crippen LogP contribution in [0, 0.1) is 0 Å². The van der Waals surface area contributed by atoms with Gasteiger partial charge in [0, 0.05) is 42.0 Å². The van der Waals surface area contributed by atoms with Crippen LogP contribution in [-0.2, 0) is 16.3 Å². The number of nitrogens with zero attached hydrogens (tertiary/aromatic N) is 2. The van der Waals surface area contributed by atoms with Crippen molar-refractivity contribution >= 4 is 37.6 Å². The van der Waals surface area contributed by atoms with Gasteiger partial charge in [0.25, 0.3) is 0 Å². The quantitative estimate of drug-likeness (QED) is 0.566. The summed E-state index contributed by atoms with van der Waals surface area (Å²) in [6.45, 7) is 0.694. The lowest BCUT2D eigenvalue weighted by atomic mass is 10.2. The van der Waals surface area contributed by atoms with Crippen LogP contribution in [0.1, 0.15) is 5.69 Å². The molecule has 0 amide bonds. The summed E-state index contributed by atoms with van der Waals surface area (Å²) in [5.74, 6) is 0.528. The number of aromatic amines is 1. The molecule has 0 fully saturated rings. The number of anilines is 1. The van der Waals surface area contributed by atoms with Gasteiger partial charge in [-0.2, -0.15) is 0 Å². The predicted molar refractivity (Wildman–Crippen MR) is 103 cm³/mol. The molecule has 4 aromatic rings. The van der Waals surface area contributed by atoms with E-state index in [1.807, 2.05) is 12.1 Å². The van der Waals surface area contributed by atoms with Crippen molar-refractivity contribution in [2.75, 3.05) is 18.1 Å². The van der Waals surface area contributed by atoms with E-state index in [1.54, 1.807) is 24.4 Å². The molecular formula is C19H18N4O2S. The summed E-state index contributed by atoms with van der Waals surface area (Å²) < 4.78 is 23.3. The van der Waals surface area contributed by atoms with Gasteiger partial charge in [-0.1, -0.05) is 18.2 Å². The van der Waals surface area contributed by atoms with E-state index in [1.165, 1.54) is 11.6 Å². The highest BCUT2D eigenvalue weighted by Gasteiger charge is 2.09. The van der Waals surface area contributed by atoms with Gasteiger partial charge in [0.15, 0.2) is 9.84 Å². The molecule has 2 heterocycles. The Morgan fingerprint density at radius 2 is 1.92 bits per heavy atom. The summed E-state index contributed by atoms with van der Waals surface area (Å²) in [7, 11) is -3.24. The summed E-state index contributed by atoms with van der Waals surface area (Å²) >= 11 is 0. The normalized spacial score (nSPS) is 11.9. The van der Waals surface area contributed by atoms with Crippen LogP contribution in [0.4, 0.5) is 5.95 Å². The lowest BCUT2D eigenvalue weighted by Crippen LogP contribution is -2.08. The molecule has 2 N–H and O–H groups in total. The molecule has 26 heavy (non-hydrogen) atoms. The summed E-state index contributed by atoms with van der Waals surface area (Å²) in [6.07, 6.45) is 3.65. The molecule has 132 valence electrons. The zero-order valence-electron chi connectivity index (χ0n) is 14.2. The molecule has 0 unspecified atom stereocenters. The number of fused-ring (bicyclic) bond motifs is 2. The Hall–Kier alpha value is -2.93.